The van der Waals surface area contributed by atoms with Crippen molar-refractivity contribution in [1.29, 1.82) is 0 Å². The van der Waals surface area contributed by atoms with Gasteiger partial charge in [-0.25, -0.2) is 0 Å². The molecule has 2 nitrogen and oxygen atoms in total. The Morgan fingerprint density at radius 3 is 2.31 bits per heavy atom. The Morgan fingerprint density at radius 1 is 1.46 bits per heavy atom. The van der Waals surface area contributed by atoms with Gasteiger partial charge < -0.3 is 4.84 Å². The van der Waals surface area contributed by atoms with E-state index in [0.29, 0.717) is 12.9 Å². The Kier molecular flexibility index (Phi) is 11.6. The third-order valence-corrected chi connectivity index (χ3v) is 1.08. The smallest absolute Gasteiger partial charge is 0.108 e. The zero-order chi connectivity index (χ0) is 10.7. The van der Waals surface area contributed by atoms with Crippen LogP contribution in [0.25, 0.3) is 0 Å². The summed E-state index contributed by atoms with van der Waals surface area (Å²) >= 11 is 0. The summed E-state index contributed by atoms with van der Waals surface area (Å²) in [5, 5.41) is 3.71. The first-order valence-corrected chi connectivity index (χ1v) is 3.69. The predicted octanol–water partition coefficient (Wildman–Crippen LogP) is 2.89. The van der Waals surface area contributed by atoms with Gasteiger partial charge in [-0.1, -0.05) is 30.5 Å². The monoisotopic (exact) mass is 185 g/mol. The quantitative estimate of drug-likeness (QED) is 0.375. The molecule has 13 heavy (non-hydrogen) atoms. The Morgan fingerprint density at radius 2 is 2.00 bits per heavy atom. The first-order valence-electron chi connectivity index (χ1n) is 3.69. The molecular weight excluding hydrogens is 169 g/mol. The van der Waals surface area contributed by atoms with Crippen LogP contribution in [0.15, 0.2) is 42.1 Å². The van der Waals surface area contributed by atoms with Crippen LogP contribution in [0.5, 0.6) is 0 Å². The topological polar surface area (TPSA) is 21.6 Å². The molecule has 0 saturated carbocycles. The van der Waals surface area contributed by atoms with Crippen molar-refractivity contribution >= 4 is 5.71 Å². The van der Waals surface area contributed by atoms with Gasteiger partial charge in [0, 0.05) is 0 Å². The number of nitrogens with zero attached hydrogens (tertiary/aromatic N) is 1. The predicted molar refractivity (Wildman–Crippen MR) is 55.6 cm³/mol. The minimum atomic E-state index is 0.500. The summed E-state index contributed by atoms with van der Waals surface area (Å²) in [5.74, 6) is 0. The van der Waals surface area contributed by atoms with Crippen LogP contribution in [0, 0.1) is 0 Å². The van der Waals surface area contributed by atoms with E-state index in [1.54, 1.807) is 6.08 Å². The van der Waals surface area contributed by atoms with Crippen LogP contribution in [0.3, 0.4) is 0 Å². The molecule has 0 N–H and O–H groups in total. The van der Waals surface area contributed by atoms with E-state index in [4.69, 9.17) is 0 Å². The summed E-state index contributed by atoms with van der Waals surface area (Å²) in [6.07, 6.45) is 5.34. The zero-order valence-corrected chi connectivity index (χ0v) is 8.38. The van der Waals surface area contributed by atoms with Crippen molar-refractivity contribution in [2.24, 2.45) is 5.16 Å². The minimum absolute atomic E-state index is 0.500. The lowest BCUT2D eigenvalue weighted by Gasteiger charge is -1.97. The molecule has 0 heterocycles. The molecule has 0 bridgehead atoms. The third-order valence-electron chi connectivity index (χ3n) is 1.08. The van der Waals surface area contributed by atoms with Crippen molar-refractivity contribution in [3.63, 3.8) is 0 Å². The number of oxime groups is 1. The summed E-state index contributed by atoms with van der Waals surface area (Å²) < 4.78 is 9.50. The summed E-state index contributed by atoms with van der Waals surface area (Å²) in [6, 6.07) is 0. The van der Waals surface area contributed by atoms with Gasteiger partial charge in [0.05, 0.1) is 7.18 Å². The average molecular weight is 185 g/mol. The average Bonchev–Trinajstić information content (AvgIpc) is 2.17. The highest BCUT2D eigenvalue weighted by Gasteiger charge is 1.94. The van der Waals surface area contributed by atoms with Gasteiger partial charge >= 0.3 is 0 Å². The van der Waals surface area contributed by atoms with Crippen LogP contribution in [-0.4, -0.2) is 20.0 Å². The van der Waals surface area contributed by atoms with Crippen LogP contribution in [0.1, 0.15) is 6.92 Å². The van der Waals surface area contributed by atoms with Gasteiger partial charge in [0.1, 0.15) is 12.8 Å². The van der Waals surface area contributed by atoms with Crippen molar-refractivity contribution < 1.29 is 9.23 Å². The second-order valence-electron chi connectivity index (χ2n) is 1.89. The van der Waals surface area contributed by atoms with Crippen molar-refractivity contribution in [1.82, 2.24) is 0 Å². The van der Waals surface area contributed by atoms with E-state index in [1.807, 2.05) is 19.1 Å². The summed E-state index contributed by atoms with van der Waals surface area (Å²) in [6.45, 7) is 9.26. The van der Waals surface area contributed by atoms with Crippen molar-refractivity contribution in [2.45, 2.75) is 6.92 Å². The Bertz CT molecular complexity index is 207. The lowest BCUT2D eigenvalue weighted by Crippen LogP contribution is -1.95. The summed E-state index contributed by atoms with van der Waals surface area (Å²) in [5.41, 5.74) is 1.45. The molecule has 0 amide bonds. The summed E-state index contributed by atoms with van der Waals surface area (Å²) in [4.78, 5) is 4.58. The molecule has 0 rings (SSSR count). The van der Waals surface area contributed by atoms with Crippen LogP contribution >= 0.6 is 0 Å². The van der Waals surface area contributed by atoms with Gasteiger partial charge in [-0.3, -0.25) is 4.39 Å². The van der Waals surface area contributed by atoms with Crippen LogP contribution in [0.4, 0.5) is 4.39 Å². The van der Waals surface area contributed by atoms with Gasteiger partial charge in [-0.05, 0) is 18.6 Å². The number of hydrogen-bond acceptors (Lipinski definition) is 2. The van der Waals surface area contributed by atoms with Crippen LogP contribution in [-0.2, 0) is 4.84 Å². The van der Waals surface area contributed by atoms with E-state index >= 15 is 0 Å². The van der Waals surface area contributed by atoms with E-state index in [2.05, 4.69) is 23.2 Å². The van der Waals surface area contributed by atoms with Crippen LogP contribution < -0.4 is 0 Å². The number of hydrogen-bond donors (Lipinski definition) is 0. The van der Waals surface area contributed by atoms with E-state index in [0.717, 1.165) is 5.57 Å². The minimum Gasteiger partial charge on any atom is -0.399 e. The Labute approximate surface area is 79.1 Å². The zero-order valence-electron chi connectivity index (χ0n) is 8.38. The highest BCUT2D eigenvalue weighted by atomic mass is 19.1. The first-order chi connectivity index (χ1) is 6.26. The molecule has 0 aromatic carbocycles. The fourth-order valence-electron chi connectivity index (χ4n) is 0.612. The second kappa shape index (κ2) is 10.6. The molecule has 0 aromatic rings. The highest BCUT2D eigenvalue weighted by molar-refractivity contribution is 6.09. The molecule has 0 fully saturated rings. The largest absolute Gasteiger partial charge is 0.399 e. The van der Waals surface area contributed by atoms with Gasteiger partial charge in [0.15, 0.2) is 0 Å². The lowest BCUT2D eigenvalue weighted by molar-refractivity contribution is 0.214. The molecule has 0 radical (unpaired) electrons. The van der Waals surface area contributed by atoms with E-state index in [9.17, 15) is 4.39 Å². The van der Waals surface area contributed by atoms with Crippen LogP contribution in [0.2, 0.25) is 0 Å². The van der Waals surface area contributed by atoms with Crippen molar-refractivity contribution in [3.05, 3.63) is 37.0 Å². The normalized spacial score (nSPS) is 10.3. The SMILES string of the molecule is C=C/C(=N/OC)C(=C)/C=C\C.CF. The number of allylic oxidation sites excluding steroid dienone is 4. The van der Waals surface area contributed by atoms with Gasteiger partial charge in [0.25, 0.3) is 0 Å². The number of alkyl halides is 1. The Hall–Kier alpha value is -1.38. The molecule has 0 unspecified atom stereocenters. The molecule has 0 aliphatic carbocycles. The van der Waals surface area contributed by atoms with Gasteiger partial charge in [-0.15, -0.1) is 0 Å². The van der Waals surface area contributed by atoms with Crippen molar-refractivity contribution in [3.8, 4) is 0 Å². The second-order valence-corrected chi connectivity index (χ2v) is 1.89. The fraction of sp³-hybridized carbons (Fsp3) is 0.300. The maximum Gasteiger partial charge on any atom is 0.108 e. The van der Waals surface area contributed by atoms with Gasteiger partial charge in [0.2, 0.25) is 0 Å². The molecular formula is C10H16FNO. The molecule has 3 heteroatoms. The van der Waals surface area contributed by atoms with Crippen molar-refractivity contribution in [2.75, 3.05) is 14.3 Å². The van der Waals surface area contributed by atoms with Gasteiger partial charge in [-0.2, -0.15) is 0 Å². The molecule has 0 spiro atoms. The molecule has 0 aliphatic heterocycles. The lowest BCUT2D eigenvalue weighted by atomic mass is 10.2. The maximum absolute atomic E-state index is 9.50. The Balaban J connectivity index is 0. The molecule has 0 aromatic heterocycles. The molecule has 74 valence electrons. The maximum atomic E-state index is 9.50. The highest BCUT2D eigenvalue weighted by Crippen LogP contribution is 1.98. The van der Waals surface area contributed by atoms with E-state index in [1.165, 1.54) is 7.11 Å². The first kappa shape index (κ1) is 14.2. The number of rotatable bonds is 4. The summed E-state index contributed by atoms with van der Waals surface area (Å²) in [7, 11) is 1.99. The van der Waals surface area contributed by atoms with E-state index < -0.39 is 0 Å². The number of halogens is 1. The standard InChI is InChI=1S/C9H13NO.CH3F/c1-5-7-8(3)9(6-2)10-11-4;1-2/h5-7H,2-3H2,1,4H3;1H3/b7-5-,10-9-;. The fourth-order valence-corrected chi connectivity index (χ4v) is 0.612. The van der Waals surface area contributed by atoms with E-state index in [-0.39, 0.29) is 0 Å². The molecule has 0 atom stereocenters. The molecule has 0 aliphatic rings. The third kappa shape index (κ3) is 7.00. The molecule has 0 saturated heterocycles.